The van der Waals surface area contributed by atoms with E-state index in [0.29, 0.717) is 17.1 Å². The molecule has 0 unspecified atom stereocenters. The maximum atomic E-state index is 13.1. The van der Waals surface area contributed by atoms with Gasteiger partial charge in [-0.25, -0.2) is 0 Å². The van der Waals surface area contributed by atoms with Crippen LogP contribution in [0.3, 0.4) is 0 Å². The Bertz CT molecular complexity index is 789. The van der Waals surface area contributed by atoms with Gasteiger partial charge in [0.25, 0.3) is 5.91 Å². The highest BCUT2D eigenvalue weighted by Crippen LogP contribution is 2.32. The van der Waals surface area contributed by atoms with Crippen LogP contribution in [0.25, 0.3) is 0 Å². The van der Waals surface area contributed by atoms with E-state index < -0.39 is 0 Å². The number of nitrogens with one attached hydrogen (secondary N) is 1. The van der Waals surface area contributed by atoms with E-state index in [-0.39, 0.29) is 18.0 Å². The molecule has 1 aromatic carbocycles. The zero-order valence-electron chi connectivity index (χ0n) is 17.7. The molecule has 1 saturated heterocycles. The predicted octanol–water partition coefficient (Wildman–Crippen LogP) is 3.26. The highest BCUT2D eigenvalue weighted by Gasteiger charge is 2.31. The summed E-state index contributed by atoms with van der Waals surface area (Å²) in [7, 11) is 3.13. The number of hydrogen-bond acceptors (Lipinski definition) is 6. The van der Waals surface area contributed by atoms with Gasteiger partial charge in [0.15, 0.2) is 11.5 Å². The molecule has 2 heterocycles. The van der Waals surface area contributed by atoms with Crippen molar-refractivity contribution >= 4 is 17.2 Å². The summed E-state index contributed by atoms with van der Waals surface area (Å²) < 4.78 is 10.8. The lowest BCUT2D eigenvalue weighted by molar-refractivity contribution is 0.0752. The van der Waals surface area contributed by atoms with Crippen LogP contribution in [-0.4, -0.2) is 68.7 Å². The van der Waals surface area contributed by atoms with Gasteiger partial charge < -0.3 is 19.7 Å². The van der Waals surface area contributed by atoms with Crippen molar-refractivity contribution in [1.82, 2.24) is 15.1 Å². The molecule has 6 nitrogen and oxygen atoms in total. The molecule has 0 radical (unpaired) electrons. The van der Waals surface area contributed by atoms with Crippen LogP contribution in [0.4, 0.5) is 0 Å². The Kier molecular flexibility index (Phi) is 7.52. The van der Waals surface area contributed by atoms with E-state index >= 15 is 0 Å². The first-order chi connectivity index (χ1) is 14.1. The van der Waals surface area contributed by atoms with Gasteiger partial charge in [0.1, 0.15) is 0 Å². The first-order valence-corrected chi connectivity index (χ1v) is 11.0. The first-order valence-electron chi connectivity index (χ1n) is 10.1. The molecule has 3 rings (SSSR count). The average Bonchev–Trinajstić information content (AvgIpc) is 3.27. The highest BCUT2D eigenvalue weighted by molar-refractivity contribution is 7.10. The summed E-state index contributed by atoms with van der Waals surface area (Å²) in [5, 5.41) is 5.31. The molecule has 1 aromatic heterocycles. The van der Waals surface area contributed by atoms with Crippen LogP contribution in [0.15, 0.2) is 35.7 Å². The molecule has 1 aliphatic rings. The minimum absolute atomic E-state index is 0.0507. The molecule has 158 valence electrons. The van der Waals surface area contributed by atoms with Crippen LogP contribution >= 0.6 is 11.3 Å². The third kappa shape index (κ3) is 4.91. The lowest BCUT2D eigenvalue weighted by Gasteiger charge is -2.41. The number of methoxy groups -OCH3 is 2. The van der Waals surface area contributed by atoms with Gasteiger partial charge >= 0.3 is 0 Å². The zero-order chi connectivity index (χ0) is 20.8. The van der Waals surface area contributed by atoms with Crippen molar-refractivity contribution in [1.29, 1.82) is 0 Å². The van der Waals surface area contributed by atoms with E-state index in [2.05, 4.69) is 46.5 Å². The van der Waals surface area contributed by atoms with Crippen molar-refractivity contribution < 1.29 is 14.3 Å². The fourth-order valence-corrected chi connectivity index (χ4v) is 4.95. The Balaban J connectivity index is 1.79. The van der Waals surface area contributed by atoms with Crippen molar-refractivity contribution in [3.63, 3.8) is 0 Å². The summed E-state index contributed by atoms with van der Waals surface area (Å²) in [6, 6.07) is 9.71. The van der Waals surface area contributed by atoms with Crippen LogP contribution in [0.5, 0.6) is 11.5 Å². The fraction of sp³-hybridized carbons (Fsp3) is 0.500. The number of carbonyl (C=O) groups excluding carboxylic acids is 1. The Morgan fingerprint density at radius 3 is 2.48 bits per heavy atom. The summed E-state index contributed by atoms with van der Waals surface area (Å²) in [6.45, 7) is 9.49. The summed E-state index contributed by atoms with van der Waals surface area (Å²) in [6.07, 6.45) is 0. The van der Waals surface area contributed by atoms with Crippen LogP contribution in [-0.2, 0) is 0 Å². The van der Waals surface area contributed by atoms with Gasteiger partial charge in [0.05, 0.1) is 25.8 Å². The molecule has 1 aliphatic heterocycles. The molecule has 1 amide bonds. The van der Waals surface area contributed by atoms with Gasteiger partial charge in [-0.2, -0.15) is 0 Å². The molecule has 29 heavy (non-hydrogen) atoms. The number of thiophene rings is 1. The minimum atomic E-state index is -0.151. The van der Waals surface area contributed by atoms with Crippen molar-refractivity contribution in [3.05, 3.63) is 46.2 Å². The van der Waals surface area contributed by atoms with Gasteiger partial charge in [-0.1, -0.05) is 19.1 Å². The lowest BCUT2D eigenvalue weighted by Crippen LogP contribution is -2.52. The number of piperazine rings is 1. The van der Waals surface area contributed by atoms with Crippen LogP contribution in [0, 0.1) is 0 Å². The fourth-order valence-electron chi connectivity index (χ4n) is 3.99. The Labute approximate surface area is 177 Å². The monoisotopic (exact) mass is 417 g/mol. The normalized spacial score (nSPS) is 17.5. The van der Waals surface area contributed by atoms with Gasteiger partial charge in [0.2, 0.25) is 0 Å². The number of nitrogens with zero attached hydrogens (tertiary/aromatic N) is 2. The molecular weight excluding hydrogens is 386 g/mol. The van der Waals surface area contributed by atoms with E-state index in [9.17, 15) is 4.79 Å². The largest absolute Gasteiger partial charge is 0.493 e. The first kappa shape index (κ1) is 21.6. The number of ether oxygens (including phenoxy) is 2. The van der Waals surface area contributed by atoms with Gasteiger partial charge in [-0.3, -0.25) is 9.69 Å². The van der Waals surface area contributed by atoms with Crippen LogP contribution in [0.1, 0.15) is 35.1 Å². The zero-order valence-corrected chi connectivity index (χ0v) is 18.5. The maximum absolute atomic E-state index is 13.1. The molecule has 1 N–H and O–H groups in total. The average molecular weight is 418 g/mol. The molecule has 0 bridgehead atoms. The molecule has 0 spiro atoms. The number of rotatable bonds is 8. The lowest BCUT2D eigenvalue weighted by atomic mass is 10.0. The number of amides is 1. The Hall–Kier alpha value is -2.09. The Morgan fingerprint density at radius 1 is 1.14 bits per heavy atom. The summed E-state index contributed by atoms with van der Waals surface area (Å²) in [5.41, 5.74) is 0.486. The van der Waals surface area contributed by atoms with E-state index in [4.69, 9.17) is 9.47 Å². The number of benzene rings is 1. The molecule has 0 aliphatic carbocycles. The summed E-state index contributed by atoms with van der Waals surface area (Å²) in [5.74, 6) is 0.865. The second-order valence-corrected chi connectivity index (χ2v) is 8.21. The number of likely N-dealkylation sites (N-methyl/N-ethyl adjacent to an activating group) is 1. The number of para-hydroxylation sites is 1. The molecule has 2 aromatic rings. The Morgan fingerprint density at radius 2 is 1.90 bits per heavy atom. The van der Waals surface area contributed by atoms with Crippen molar-refractivity contribution in [3.8, 4) is 11.5 Å². The van der Waals surface area contributed by atoms with E-state index in [0.717, 1.165) is 32.7 Å². The third-order valence-electron chi connectivity index (χ3n) is 5.56. The number of carbonyl (C=O) groups is 1. The van der Waals surface area contributed by atoms with Crippen LogP contribution in [0.2, 0.25) is 0 Å². The standard InChI is InChI=1S/C22H31N3O3S/c1-5-24-11-13-25(14-12-24)20(19-10-7-15-29-19)16(2)23-22(26)17-8-6-9-18(27-3)21(17)28-4/h6-10,15-16,20H,5,11-14H2,1-4H3,(H,23,26)/t16-,20-/m1/s1. The molecule has 2 atom stereocenters. The maximum Gasteiger partial charge on any atom is 0.255 e. The van der Waals surface area contributed by atoms with Gasteiger partial charge in [0, 0.05) is 37.1 Å². The summed E-state index contributed by atoms with van der Waals surface area (Å²) in [4.78, 5) is 19.3. The topological polar surface area (TPSA) is 54.0 Å². The van der Waals surface area contributed by atoms with Gasteiger partial charge in [-0.05, 0) is 37.0 Å². The second kappa shape index (κ2) is 10.1. The second-order valence-electron chi connectivity index (χ2n) is 7.23. The van der Waals surface area contributed by atoms with Crippen LogP contribution < -0.4 is 14.8 Å². The van der Waals surface area contributed by atoms with Crippen molar-refractivity contribution in [2.24, 2.45) is 0 Å². The molecule has 0 saturated carbocycles. The van der Waals surface area contributed by atoms with E-state index in [1.54, 1.807) is 37.7 Å². The minimum Gasteiger partial charge on any atom is -0.493 e. The smallest absolute Gasteiger partial charge is 0.255 e. The molecular formula is C22H31N3O3S. The molecule has 7 heteroatoms. The van der Waals surface area contributed by atoms with E-state index in [1.807, 2.05) is 6.07 Å². The van der Waals surface area contributed by atoms with Crippen molar-refractivity contribution in [2.45, 2.75) is 25.9 Å². The SMILES string of the molecule is CCN1CCN([C@@H](c2cccs2)[C@@H](C)NC(=O)c2cccc(OC)c2OC)CC1. The third-order valence-corrected chi connectivity index (χ3v) is 6.51. The number of hydrogen-bond donors (Lipinski definition) is 1. The molecule has 1 fully saturated rings. The van der Waals surface area contributed by atoms with E-state index in [1.165, 1.54) is 4.88 Å². The van der Waals surface area contributed by atoms with Crippen molar-refractivity contribution in [2.75, 3.05) is 46.9 Å². The summed E-state index contributed by atoms with van der Waals surface area (Å²) >= 11 is 1.74. The predicted molar refractivity (Wildman–Crippen MR) is 117 cm³/mol. The highest BCUT2D eigenvalue weighted by atomic mass is 32.1. The van der Waals surface area contributed by atoms with Gasteiger partial charge in [-0.15, -0.1) is 11.3 Å². The quantitative estimate of drug-likeness (QED) is 0.715.